The molecule has 0 fully saturated rings. The monoisotopic (exact) mass is 211 g/mol. The van der Waals surface area contributed by atoms with Gasteiger partial charge in [-0.3, -0.25) is 4.79 Å². The molecule has 1 aliphatic rings. The lowest BCUT2D eigenvalue weighted by molar-refractivity contribution is -0.125. The van der Waals surface area contributed by atoms with Crippen LogP contribution in [0.2, 0.25) is 0 Å². The molecule has 1 N–H and O–H groups in total. The Morgan fingerprint density at radius 3 is 2.67 bits per heavy atom. The minimum Gasteiger partial charge on any atom is -0.385 e. The quantitative estimate of drug-likeness (QED) is 0.709. The molecule has 0 spiro atoms. The molecule has 1 heterocycles. The van der Waals surface area contributed by atoms with E-state index < -0.39 is 0 Å². The number of carbonyl (C=O) groups excluding carboxylic acids is 1. The van der Waals surface area contributed by atoms with Crippen LogP contribution in [0.5, 0.6) is 0 Å². The van der Waals surface area contributed by atoms with E-state index in [1.54, 1.807) is 6.08 Å². The van der Waals surface area contributed by atoms with Gasteiger partial charge in [0.25, 0.3) is 0 Å². The lowest BCUT2D eigenvalue weighted by atomic mass is 10.3. The topological polar surface area (TPSA) is 35.6 Å². The van der Waals surface area contributed by atoms with E-state index in [1.165, 1.54) is 0 Å². The third-order valence-electron chi connectivity index (χ3n) is 2.46. The fourth-order valence-electron chi connectivity index (χ4n) is 1.52. The summed E-state index contributed by atoms with van der Waals surface area (Å²) in [5.74, 6) is 0.123. The summed E-state index contributed by atoms with van der Waals surface area (Å²) in [6, 6.07) is 0.280. The number of hydrogen-bond acceptors (Lipinski definition) is 3. The van der Waals surface area contributed by atoms with Gasteiger partial charge in [-0.1, -0.05) is 0 Å². The van der Waals surface area contributed by atoms with E-state index in [4.69, 9.17) is 0 Å². The van der Waals surface area contributed by atoms with Crippen LogP contribution in [0, 0.1) is 0 Å². The van der Waals surface area contributed by atoms with Crippen molar-refractivity contribution in [3.63, 3.8) is 0 Å². The first kappa shape index (κ1) is 12.0. The second-order valence-corrected chi connectivity index (χ2v) is 4.46. The molecule has 15 heavy (non-hydrogen) atoms. The fourth-order valence-corrected chi connectivity index (χ4v) is 1.52. The predicted octanol–water partition coefficient (Wildman–Crippen LogP) is 0.272. The second-order valence-electron chi connectivity index (χ2n) is 4.46. The van der Waals surface area contributed by atoms with Crippen molar-refractivity contribution in [1.82, 2.24) is 15.1 Å². The molecule has 0 saturated heterocycles. The molecule has 1 aliphatic heterocycles. The second kappa shape index (κ2) is 5.16. The van der Waals surface area contributed by atoms with Gasteiger partial charge in [-0.2, -0.15) is 0 Å². The maximum Gasteiger partial charge on any atom is 0.248 e. The number of nitrogens with zero attached hydrogens (tertiary/aromatic N) is 2. The summed E-state index contributed by atoms with van der Waals surface area (Å²) in [6.45, 7) is 6.66. The number of amides is 1. The molecule has 0 bridgehead atoms. The average molecular weight is 211 g/mol. The third kappa shape index (κ3) is 3.55. The van der Waals surface area contributed by atoms with E-state index >= 15 is 0 Å². The predicted molar refractivity (Wildman–Crippen MR) is 61.5 cm³/mol. The molecule has 1 rings (SSSR count). The van der Waals surface area contributed by atoms with Gasteiger partial charge in [0.05, 0.1) is 6.54 Å². The zero-order valence-electron chi connectivity index (χ0n) is 10.1. The van der Waals surface area contributed by atoms with Crippen molar-refractivity contribution < 1.29 is 4.79 Å². The Balaban J connectivity index is 2.34. The van der Waals surface area contributed by atoms with Gasteiger partial charge in [0.15, 0.2) is 0 Å². The smallest absolute Gasteiger partial charge is 0.248 e. The molecule has 86 valence electrons. The van der Waals surface area contributed by atoms with Crippen LogP contribution in [0.15, 0.2) is 11.8 Å². The standard InChI is InChI=1S/C11H21N3O/c1-9(2)14-8-10(7-11(14)15)12-5-6-13(3)4/h7,9,12H,5-6,8H2,1-4H3. The Labute approximate surface area is 91.9 Å². The Hall–Kier alpha value is -1.03. The number of hydrogen-bond donors (Lipinski definition) is 1. The summed E-state index contributed by atoms with van der Waals surface area (Å²) in [7, 11) is 4.08. The van der Waals surface area contributed by atoms with Crippen LogP contribution in [0.4, 0.5) is 0 Å². The summed E-state index contributed by atoms with van der Waals surface area (Å²) < 4.78 is 0. The van der Waals surface area contributed by atoms with Crippen LogP contribution in [0.25, 0.3) is 0 Å². The first-order valence-corrected chi connectivity index (χ1v) is 5.40. The molecule has 0 aromatic rings. The van der Waals surface area contributed by atoms with Gasteiger partial charge < -0.3 is 15.1 Å². The molecule has 0 saturated carbocycles. The first-order valence-electron chi connectivity index (χ1n) is 5.40. The van der Waals surface area contributed by atoms with Crippen molar-refractivity contribution in [2.24, 2.45) is 0 Å². The maximum atomic E-state index is 11.5. The molecule has 4 heteroatoms. The van der Waals surface area contributed by atoms with E-state index in [-0.39, 0.29) is 11.9 Å². The van der Waals surface area contributed by atoms with Gasteiger partial charge in [0, 0.05) is 30.9 Å². The summed E-state index contributed by atoms with van der Waals surface area (Å²) >= 11 is 0. The van der Waals surface area contributed by atoms with Crippen LogP contribution < -0.4 is 5.32 Å². The molecule has 0 unspecified atom stereocenters. The summed E-state index contributed by atoms with van der Waals surface area (Å²) in [5.41, 5.74) is 1.04. The van der Waals surface area contributed by atoms with Crippen LogP contribution in [-0.4, -0.2) is 55.5 Å². The molecule has 1 amide bonds. The number of nitrogens with one attached hydrogen (secondary N) is 1. The molecule has 0 atom stereocenters. The molecule has 0 aromatic carbocycles. The van der Waals surface area contributed by atoms with Gasteiger partial charge >= 0.3 is 0 Å². The maximum absolute atomic E-state index is 11.5. The molecule has 0 aliphatic carbocycles. The normalized spacial score (nSPS) is 16.5. The largest absolute Gasteiger partial charge is 0.385 e. The molecule has 4 nitrogen and oxygen atoms in total. The van der Waals surface area contributed by atoms with Crippen molar-refractivity contribution in [1.29, 1.82) is 0 Å². The average Bonchev–Trinajstić information content (AvgIpc) is 2.46. The third-order valence-corrected chi connectivity index (χ3v) is 2.46. The highest BCUT2D eigenvalue weighted by Crippen LogP contribution is 2.11. The van der Waals surface area contributed by atoms with Crippen LogP contribution in [0.1, 0.15) is 13.8 Å². The van der Waals surface area contributed by atoms with E-state index in [1.807, 2.05) is 32.8 Å². The van der Waals surface area contributed by atoms with Crippen molar-refractivity contribution in [2.45, 2.75) is 19.9 Å². The van der Waals surface area contributed by atoms with Crippen molar-refractivity contribution in [3.8, 4) is 0 Å². The van der Waals surface area contributed by atoms with E-state index in [2.05, 4.69) is 10.2 Å². The molecule has 0 aromatic heterocycles. The summed E-state index contributed by atoms with van der Waals surface area (Å²) in [4.78, 5) is 15.5. The van der Waals surface area contributed by atoms with Crippen LogP contribution >= 0.6 is 0 Å². The van der Waals surface area contributed by atoms with E-state index in [9.17, 15) is 4.79 Å². The number of carbonyl (C=O) groups is 1. The fraction of sp³-hybridized carbons (Fsp3) is 0.727. The zero-order chi connectivity index (χ0) is 11.4. The summed E-state index contributed by atoms with van der Waals surface area (Å²) in [6.07, 6.45) is 1.70. The lowest BCUT2D eigenvalue weighted by Gasteiger charge is -2.21. The Morgan fingerprint density at radius 1 is 1.53 bits per heavy atom. The van der Waals surface area contributed by atoms with Gasteiger partial charge in [-0.25, -0.2) is 0 Å². The SMILES string of the molecule is CC(C)N1CC(NCCN(C)C)=CC1=O. The molecule has 0 radical (unpaired) electrons. The van der Waals surface area contributed by atoms with Crippen LogP contribution in [-0.2, 0) is 4.79 Å². The number of likely N-dealkylation sites (N-methyl/N-ethyl adjacent to an activating group) is 1. The Bertz CT molecular complexity index is 259. The van der Waals surface area contributed by atoms with E-state index in [0.29, 0.717) is 0 Å². The zero-order valence-corrected chi connectivity index (χ0v) is 10.1. The number of rotatable bonds is 5. The lowest BCUT2D eigenvalue weighted by Crippen LogP contribution is -2.34. The van der Waals surface area contributed by atoms with Crippen molar-refractivity contribution in [2.75, 3.05) is 33.7 Å². The van der Waals surface area contributed by atoms with Gasteiger partial charge in [-0.15, -0.1) is 0 Å². The van der Waals surface area contributed by atoms with Gasteiger partial charge in [0.1, 0.15) is 0 Å². The Kier molecular flexibility index (Phi) is 4.15. The van der Waals surface area contributed by atoms with Crippen molar-refractivity contribution >= 4 is 5.91 Å². The molecular weight excluding hydrogens is 190 g/mol. The van der Waals surface area contributed by atoms with Gasteiger partial charge in [-0.05, 0) is 27.9 Å². The first-order chi connectivity index (χ1) is 7.00. The van der Waals surface area contributed by atoms with Crippen LogP contribution in [0.3, 0.4) is 0 Å². The van der Waals surface area contributed by atoms with Gasteiger partial charge in [0.2, 0.25) is 5.91 Å². The highest BCUT2D eigenvalue weighted by Gasteiger charge is 2.22. The minimum absolute atomic E-state index is 0.123. The summed E-state index contributed by atoms with van der Waals surface area (Å²) in [5, 5.41) is 3.29. The molecular formula is C11H21N3O. The Morgan fingerprint density at radius 2 is 2.20 bits per heavy atom. The van der Waals surface area contributed by atoms with Crippen molar-refractivity contribution in [3.05, 3.63) is 11.8 Å². The highest BCUT2D eigenvalue weighted by molar-refractivity contribution is 5.91. The highest BCUT2D eigenvalue weighted by atomic mass is 16.2. The van der Waals surface area contributed by atoms with E-state index in [0.717, 1.165) is 25.3 Å². The minimum atomic E-state index is 0.123.